The number of nitrogens with one attached hydrogen (secondary N) is 1. The molecule has 4 nitrogen and oxygen atoms in total. The van der Waals surface area contributed by atoms with E-state index in [1.807, 2.05) is 0 Å². The summed E-state index contributed by atoms with van der Waals surface area (Å²) in [6.07, 6.45) is -7.19. The molecule has 0 saturated carbocycles. The molecule has 0 bridgehead atoms. The number of amides is 1. The summed E-state index contributed by atoms with van der Waals surface area (Å²) in [6, 6.07) is 0. The summed E-state index contributed by atoms with van der Waals surface area (Å²) in [6.45, 7) is 1.90. The summed E-state index contributed by atoms with van der Waals surface area (Å²) < 4.78 is 35.5. The molecular weight excluding hydrogens is 201 g/mol. The van der Waals surface area contributed by atoms with Gasteiger partial charge in [0.2, 0.25) is 5.91 Å². The Kier molecular flexibility index (Phi) is 3.90. The number of β-amino-alcohol motifs (C(OH)–C–C–N with tert-alkyl or cyclic N) is 1. The van der Waals surface area contributed by atoms with Crippen LogP contribution in [-0.4, -0.2) is 35.4 Å². The van der Waals surface area contributed by atoms with Gasteiger partial charge in [-0.15, -0.1) is 0 Å². The highest BCUT2D eigenvalue weighted by molar-refractivity contribution is 5.83. The van der Waals surface area contributed by atoms with Gasteiger partial charge < -0.3 is 16.2 Å². The number of nitrogens with two attached hydrogens (primary N) is 1. The van der Waals surface area contributed by atoms with Crippen LogP contribution in [0.5, 0.6) is 0 Å². The smallest absolute Gasteiger partial charge is 0.382 e. The van der Waals surface area contributed by atoms with Crippen molar-refractivity contribution in [3.63, 3.8) is 0 Å². The Morgan fingerprint density at radius 2 is 1.93 bits per heavy atom. The maximum Gasteiger partial charge on any atom is 0.415 e. The molecule has 0 aliphatic heterocycles. The highest BCUT2D eigenvalue weighted by atomic mass is 19.4. The molecule has 0 saturated heterocycles. The van der Waals surface area contributed by atoms with Crippen molar-refractivity contribution in [3.8, 4) is 0 Å². The monoisotopic (exact) mass is 214 g/mol. The van der Waals surface area contributed by atoms with E-state index in [9.17, 15) is 18.0 Å². The summed E-state index contributed by atoms with van der Waals surface area (Å²) in [4.78, 5) is 10.7. The van der Waals surface area contributed by atoms with E-state index in [2.05, 4.69) is 5.32 Å². The molecule has 14 heavy (non-hydrogen) atoms. The number of hydrogen-bond acceptors (Lipinski definition) is 3. The SMILES string of the molecule is CC(C)(NCC(O)C(F)(F)F)C(N)=O. The van der Waals surface area contributed by atoms with Crippen LogP contribution < -0.4 is 11.1 Å². The first kappa shape index (κ1) is 13.2. The van der Waals surface area contributed by atoms with Gasteiger partial charge >= 0.3 is 6.18 Å². The maximum atomic E-state index is 11.8. The maximum absolute atomic E-state index is 11.8. The van der Waals surface area contributed by atoms with E-state index < -0.39 is 30.3 Å². The van der Waals surface area contributed by atoms with E-state index in [4.69, 9.17) is 10.8 Å². The molecular formula is C7H13F3N2O2. The number of hydrogen-bond donors (Lipinski definition) is 3. The Balaban J connectivity index is 4.13. The van der Waals surface area contributed by atoms with Crippen molar-refractivity contribution in [2.45, 2.75) is 31.7 Å². The largest absolute Gasteiger partial charge is 0.415 e. The van der Waals surface area contributed by atoms with Gasteiger partial charge in [-0.2, -0.15) is 13.2 Å². The number of aliphatic hydroxyl groups excluding tert-OH is 1. The van der Waals surface area contributed by atoms with E-state index in [0.717, 1.165) is 0 Å². The number of rotatable bonds is 4. The normalized spacial score (nSPS) is 15.3. The minimum absolute atomic E-state index is 0.764. The fourth-order valence-corrected chi connectivity index (χ4v) is 0.555. The summed E-state index contributed by atoms with van der Waals surface area (Å²) >= 11 is 0. The predicted molar refractivity (Wildman–Crippen MR) is 43.3 cm³/mol. The number of halogens is 3. The van der Waals surface area contributed by atoms with Crippen LogP contribution in [0.15, 0.2) is 0 Å². The molecule has 84 valence electrons. The van der Waals surface area contributed by atoms with Crippen LogP contribution in [0.4, 0.5) is 13.2 Å². The number of carbonyl (C=O) groups is 1. The van der Waals surface area contributed by atoms with Crippen LogP contribution in [0.25, 0.3) is 0 Å². The molecule has 0 aromatic heterocycles. The van der Waals surface area contributed by atoms with Crippen LogP contribution in [0.2, 0.25) is 0 Å². The Labute approximate surface area is 79.3 Å². The third-order valence-corrected chi connectivity index (χ3v) is 1.73. The lowest BCUT2D eigenvalue weighted by atomic mass is 10.1. The average molecular weight is 214 g/mol. The Morgan fingerprint density at radius 3 is 2.21 bits per heavy atom. The van der Waals surface area contributed by atoms with Crippen LogP contribution in [0.1, 0.15) is 13.8 Å². The van der Waals surface area contributed by atoms with Crippen molar-refractivity contribution in [3.05, 3.63) is 0 Å². The van der Waals surface area contributed by atoms with E-state index in [0.29, 0.717) is 0 Å². The molecule has 4 N–H and O–H groups in total. The van der Waals surface area contributed by atoms with Crippen molar-refractivity contribution < 1.29 is 23.1 Å². The second-order valence-electron chi connectivity index (χ2n) is 3.43. The first-order valence-electron chi connectivity index (χ1n) is 3.87. The molecule has 0 aromatic carbocycles. The topological polar surface area (TPSA) is 75.3 Å². The van der Waals surface area contributed by atoms with Crippen molar-refractivity contribution >= 4 is 5.91 Å². The van der Waals surface area contributed by atoms with Crippen LogP contribution >= 0.6 is 0 Å². The van der Waals surface area contributed by atoms with Crippen molar-refractivity contribution in [2.75, 3.05) is 6.54 Å². The second kappa shape index (κ2) is 4.14. The van der Waals surface area contributed by atoms with Gasteiger partial charge in [0.15, 0.2) is 6.10 Å². The molecule has 1 amide bonds. The summed E-state index contributed by atoms with van der Waals surface area (Å²) in [7, 11) is 0. The Morgan fingerprint density at radius 1 is 1.50 bits per heavy atom. The quantitative estimate of drug-likeness (QED) is 0.604. The summed E-state index contributed by atoms with van der Waals surface area (Å²) in [5, 5.41) is 10.8. The Hall–Kier alpha value is -0.820. The number of alkyl halides is 3. The number of aliphatic hydroxyl groups is 1. The lowest BCUT2D eigenvalue weighted by molar-refractivity contribution is -0.202. The highest BCUT2D eigenvalue weighted by Gasteiger charge is 2.39. The first-order chi connectivity index (χ1) is 6.07. The molecule has 0 heterocycles. The molecule has 1 atom stereocenters. The number of carbonyl (C=O) groups excluding carboxylic acids is 1. The van der Waals surface area contributed by atoms with Gasteiger partial charge in [-0.1, -0.05) is 0 Å². The van der Waals surface area contributed by atoms with Gasteiger partial charge in [-0.05, 0) is 13.8 Å². The van der Waals surface area contributed by atoms with Gasteiger partial charge in [-0.25, -0.2) is 0 Å². The van der Waals surface area contributed by atoms with Gasteiger partial charge in [0, 0.05) is 6.54 Å². The van der Waals surface area contributed by atoms with E-state index in [1.165, 1.54) is 13.8 Å². The van der Waals surface area contributed by atoms with Crippen LogP contribution in [0.3, 0.4) is 0 Å². The lowest BCUT2D eigenvalue weighted by Crippen LogP contribution is -2.54. The van der Waals surface area contributed by atoms with Crippen LogP contribution in [-0.2, 0) is 4.79 Å². The van der Waals surface area contributed by atoms with Crippen molar-refractivity contribution in [2.24, 2.45) is 5.73 Å². The third-order valence-electron chi connectivity index (χ3n) is 1.73. The zero-order chi connectivity index (χ0) is 11.6. The van der Waals surface area contributed by atoms with E-state index in [1.54, 1.807) is 0 Å². The van der Waals surface area contributed by atoms with E-state index >= 15 is 0 Å². The van der Waals surface area contributed by atoms with Crippen LogP contribution in [0, 0.1) is 0 Å². The standard InChI is InChI=1S/C7H13F3N2O2/c1-6(2,5(11)14)12-3-4(13)7(8,9)10/h4,12-13H,3H2,1-2H3,(H2,11,14). The van der Waals surface area contributed by atoms with E-state index in [-0.39, 0.29) is 0 Å². The summed E-state index contributed by atoms with van der Waals surface area (Å²) in [5.74, 6) is -0.785. The second-order valence-corrected chi connectivity index (χ2v) is 3.43. The van der Waals surface area contributed by atoms with Gasteiger partial charge in [0.05, 0.1) is 5.54 Å². The fourth-order valence-electron chi connectivity index (χ4n) is 0.555. The minimum atomic E-state index is -4.69. The highest BCUT2D eigenvalue weighted by Crippen LogP contribution is 2.19. The first-order valence-corrected chi connectivity index (χ1v) is 3.87. The molecule has 0 aliphatic carbocycles. The summed E-state index contributed by atoms with van der Waals surface area (Å²) in [5.41, 5.74) is 3.63. The fraction of sp³-hybridized carbons (Fsp3) is 0.857. The molecule has 0 fully saturated rings. The van der Waals surface area contributed by atoms with Crippen molar-refractivity contribution in [1.29, 1.82) is 0 Å². The minimum Gasteiger partial charge on any atom is -0.382 e. The van der Waals surface area contributed by atoms with Gasteiger partial charge in [-0.3, -0.25) is 4.79 Å². The average Bonchev–Trinajstić information content (AvgIpc) is 1.98. The molecule has 0 aliphatic rings. The zero-order valence-electron chi connectivity index (χ0n) is 7.85. The molecule has 0 radical (unpaired) electrons. The molecule has 0 rings (SSSR count). The molecule has 0 aromatic rings. The zero-order valence-corrected chi connectivity index (χ0v) is 7.85. The van der Waals surface area contributed by atoms with Gasteiger partial charge in [0.25, 0.3) is 0 Å². The third kappa shape index (κ3) is 3.93. The molecule has 0 spiro atoms. The van der Waals surface area contributed by atoms with Crippen molar-refractivity contribution in [1.82, 2.24) is 5.32 Å². The predicted octanol–water partition coefficient (Wildman–Crippen LogP) is -0.237. The lowest BCUT2D eigenvalue weighted by Gasteiger charge is -2.24. The van der Waals surface area contributed by atoms with Gasteiger partial charge in [0.1, 0.15) is 0 Å². The molecule has 1 unspecified atom stereocenters. The Bertz CT molecular complexity index is 215. The number of primary amides is 1. The molecule has 7 heteroatoms.